The number of ketones is 2. The molecule has 0 aromatic heterocycles. The summed E-state index contributed by atoms with van der Waals surface area (Å²) >= 11 is 0. The molecule has 28 heavy (non-hydrogen) atoms. The summed E-state index contributed by atoms with van der Waals surface area (Å²) in [6.45, 7) is 0.245. The number of hydrogen-bond acceptors (Lipinski definition) is 4. The van der Waals surface area contributed by atoms with Crippen molar-refractivity contribution >= 4 is 11.6 Å². The molecule has 5 rings (SSSR count). The van der Waals surface area contributed by atoms with E-state index in [9.17, 15) is 9.59 Å². The third-order valence-corrected chi connectivity index (χ3v) is 5.85. The van der Waals surface area contributed by atoms with E-state index in [1.54, 1.807) is 24.3 Å². The van der Waals surface area contributed by atoms with Crippen LogP contribution in [0.4, 0.5) is 0 Å². The van der Waals surface area contributed by atoms with Crippen molar-refractivity contribution < 1.29 is 9.59 Å². The van der Waals surface area contributed by atoms with E-state index in [0.29, 0.717) is 11.1 Å². The van der Waals surface area contributed by atoms with Gasteiger partial charge in [0.25, 0.3) is 0 Å². The van der Waals surface area contributed by atoms with Gasteiger partial charge in [-0.15, -0.1) is 0 Å². The number of nitrogens with zero attached hydrogens (tertiary/aromatic N) is 2. The van der Waals surface area contributed by atoms with Crippen molar-refractivity contribution in [1.82, 2.24) is 0 Å². The molecule has 0 N–H and O–H groups in total. The zero-order chi connectivity index (χ0) is 19.1. The second kappa shape index (κ2) is 6.34. The molecule has 0 amide bonds. The molecule has 1 heterocycles. The molecule has 0 saturated carbocycles. The van der Waals surface area contributed by atoms with Crippen LogP contribution in [0.5, 0.6) is 0 Å². The molecule has 0 bridgehead atoms. The summed E-state index contributed by atoms with van der Waals surface area (Å²) in [7, 11) is 0. The van der Waals surface area contributed by atoms with Crippen molar-refractivity contribution in [2.24, 2.45) is 16.1 Å². The zero-order valence-electron chi connectivity index (χ0n) is 15.2. The summed E-state index contributed by atoms with van der Waals surface area (Å²) in [5.74, 6) is -1.13. The smallest absolute Gasteiger partial charge is 0.194 e. The number of azo groups is 1. The summed E-state index contributed by atoms with van der Waals surface area (Å²) in [6.07, 6.45) is 0. The number of carbonyl (C=O) groups excluding carboxylic acids is 2. The second-order valence-electron chi connectivity index (χ2n) is 7.30. The quantitative estimate of drug-likeness (QED) is 0.673. The van der Waals surface area contributed by atoms with Crippen molar-refractivity contribution in [3.8, 4) is 0 Å². The molecular weight excluding hydrogens is 348 g/mol. The molecule has 1 aliphatic carbocycles. The van der Waals surface area contributed by atoms with E-state index in [1.807, 2.05) is 60.7 Å². The van der Waals surface area contributed by atoms with Crippen LogP contribution in [0, 0.1) is 5.92 Å². The first-order chi connectivity index (χ1) is 13.7. The minimum absolute atomic E-state index is 0.0444. The van der Waals surface area contributed by atoms with Gasteiger partial charge in [-0.2, -0.15) is 10.2 Å². The molecular formula is C24H18N2O2. The monoisotopic (exact) mass is 366 g/mol. The van der Waals surface area contributed by atoms with Gasteiger partial charge in [0, 0.05) is 17.0 Å². The lowest BCUT2D eigenvalue weighted by Gasteiger charge is -2.40. The highest BCUT2D eigenvalue weighted by molar-refractivity contribution is 6.20. The number of benzene rings is 3. The van der Waals surface area contributed by atoms with Gasteiger partial charge in [-0.1, -0.05) is 84.9 Å². The maximum Gasteiger partial charge on any atom is 0.194 e. The molecule has 4 heteroatoms. The molecule has 0 fully saturated rings. The fraction of sp³-hybridized carbons (Fsp3) is 0.167. The van der Waals surface area contributed by atoms with Crippen molar-refractivity contribution in [3.63, 3.8) is 0 Å². The summed E-state index contributed by atoms with van der Waals surface area (Å²) in [5.41, 5.74) is 1.61. The molecule has 0 saturated heterocycles. The third kappa shape index (κ3) is 2.24. The largest absolute Gasteiger partial charge is 0.294 e. The van der Waals surface area contributed by atoms with Crippen LogP contribution in [-0.2, 0) is 0 Å². The van der Waals surface area contributed by atoms with Crippen LogP contribution in [-0.4, -0.2) is 23.7 Å². The van der Waals surface area contributed by atoms with Crippen LogP contribution < -0.4 is 0 Å². The van der Waals surface area contributed by atoms with Gasteiger partial charge in [0.15, 0.2) is 17.1 Å². The van der Waals surface area contributed by atoms with E-state index in [-0.39, 0.29) is 24.0 Å². The van der Waals surface area contributed by atoms with Gasteiger partial charge in [-0.05, 0) is 11.1 Å². The number of fused-ring (bicyclic) bond motifs is 2. The lowest BCUT2D eigenvalue weighted by atomic mass is 9.60. The van der Waals surface area contributed by atoms with Gasteiger partial charge < -0.3 is 0 Å². The highest BCUT2D eigenvalue weighted by atomic mass is 16.1. The van der Waals surface area contributed by atoms with Crippen molar-refractivity contribution in [1.29, 1.82) is 0 Å². The van der Waals surface area contributed by atoms with Gasteiger partial charge in [-0.3, -0.25) is 9.59 Å². The predicted molar refractivity (Wildman–Crippen MR) is 106 cm³/mol. The first-order valence-corrected chi connectivity index (χ1v) is 9.40. The Labute approximate surface area is 162 Å². The molecule has 3 aromatic rings. The molecule has 1 aliphatic heterocycles. The van der Waals surface area contributed by atoms with Crippen LogP contribution in [0.3, 0.4) is 0 Å². The van der Waals surface area contributed by atoms with Crippen LogP contribution in [0.15, 0.2) is 95.2 Å². The van der Waals surface area contributed by atoms with E-state index in [4.69, 9.17) is 0 Å². The maximum absolute atomic E-state index is 13.8. The highest BCUT2D eigenvalue weighted by Crippen LogP contribution is 2.51. The zero-order valence-corrected chi connectivity index (χ0v) is 15.2. The van der Waals surface area contributed by atoms with E-state index in [2.05, 4.69) is 10.2 Å². The van der Waals surface area contributed by atoms with Crippen LogP contribution in [0.1, 0.15) is 37.8 Å². The highest BCUT2D eigenvalue weighted by Gasteiger charge is 2.61. The fourth-order valence-corrected chi connectivity index (χ4v) is 4.62. The van der Waals surface area contributed by atoms with Gasteiger partial charge in [-0.25, -0.2) is 0 Å². The Morgan fingerprint density at radius 2 is 1.29 bits per heavy atom. The van der Waals surface area contributed by atoms with E-state index >= 15 is 0 Å². The lowest BCUT2D eigenvalue weighted by Crippen LogP contribution is -2.54. The van der Waals surface area contributed by atoms with Crippen LogP contribution in [0.25, 0.3) is 0 Å². The van der Waals surface area contributed by atoms with Gasteiger partial charge in [0.05, 0.1) is 12.5 Å². The Kier molecular flexibility index (Phi) is 3.79. The molecule has 4 nitrogen and oxygen atoms in total. The standard InChI is InChI=1S/C24H18N2O2/c27-22-18-13-7-8-14-19(18)23(28)24(20(22)15-25-26-24)21(16-9-3-1-4-10-16)17-11-5-2-6-12-17/h1-14,20-21H,15H2/t20-,24-/m1/s1. The SMILES string of the molecule is O=C1c2ccccc2C(=O)[C@@]2(C(c3ccccc3)c3ccccc3)N=NC[C@H]12. The molecule has 0 unspecified atom stereocenters. The Morgan fingerprint density at radius 3 is 1.89 bits per heavy atom. The number of Topliss-reactive ketones (excluding diaryl/α,β-unsaturated/α-hetero) is 2. The first-order valence-electron chi connectivity index (χ1n) is 9.40. The van der Waals surface area contributed by atoms with Crippen LogP contribution >= 0.6 is 0 Å². The molecule has 0 spiro atoms. The van der Waals surface area contributed by atoms with E-state index in [1.165, 1.54) is 0 Å². The van der Waals surface area contributed by atoms with Crippen molar-refractivity contribution in [3.05, 3.63) is 107 Å². The maximum atomic E-state index is 13.8. The molecule has 136 valence electrons. The average Bonchev–Trinajstić information content (AvgIpc) is 3.20. The van der Waals surface area contributed by atoms with Gasteiger partial charge >= 0.3 is 0 Å². The van der Waals surface area contributed by atoms with Crippen molar-refractivity contribution in [2.75, 3.05) is 6.54 Å². The van der Waals surface area contributed by atoms with E-state index in [0.717, 1.165) is 11.1 Å². The second-order valence-corrected chi connectivity index (χ2v) is 7.30. The lowest BCUT2D eigenvalue weighted by molar-refractivity contribution is 0.0704. The molecule has 2 atom stereocenters. The third-order valence-electron chi connectivity index (χ3n) is 5.85. The first kappa shape index (κ1) is 16.8. The minimum Gasteiger partial charge on any atom is -0.294 e. The number of hydrogen-bond donors (Lipinski definition) is 0. The van der Waals surface area contributed by atoms with Crippen LogP contribution in [0.2, 0.25) is 0 Å². The number of carbonyl (C=O) groups is 2. The molecule has 2 aliphatic rings. The summed E-state index contributed by atoms with van der Waals surface area (Å²) < 4.78 is 0. The fourth-order valence-electron chi connectivity index (χ4n) is 4.62. The van der Waals surface area contributed by atoms with Gasteiger partial charge in [0.1, 0.15) is 0 Å². The predicted octanol–water partition coefficient (Wildman–Crippen LogP) is 4.72. The number of rotatable bonds is 3. The Balaban J connectivity index is 1.79. The summed E-state index contributed by atoms with van der Waals surface area (Å²) in [4.78, 5) is 27.2. The Hall–Kier alpha value is -3.40. The summed E-state index contributed by atoms with van der Waals surface area (Å²) in [6, 6.07) is 26.7. The Bertz CT molecular complexity index is 1050. The summed E-state index contributed by atoms with van der Waals surface area (Å²) in [5, 5.41) is 8.77. The molecule has 3 aromatic carbocycles. The molecule has 0 radical (unpaired) electrons. The average molecular weight is 366 g/mol. The van der Waals surface area contributed by atoms with Crippen molar-refractivity contribution in [2.45, 2.75) is 11.5 Å². The minimum atomic E-state index is -1.24. The van der Waals surface area contributed by atoms with Gasteiger partial charge in [0.2, 0.25) is 0 Å². The Morgan fingerprint density at radius 1 is 0.750 bits per heavy atom. The normalized spacial score (nSPS) is 23.0. The van der Waals surface area contributed by atoms with E-state index < -0.39 is 11.5 Å². The topological polar surface area (TPSA) is 58.9 Å².